The Labute approximate surface area is 204 Å². The summed E-state index contributed by atoms with van der Waals surface area (Å²) < 4.78 is 36.1. The third-order valence-electron chi connectivity index (χ3n) is 6.87. The number of rotatable bonds is 6. The minimum Gasteiger partial charge on any atom is -0.434 e. The van der Waals surface area contributed by atoms with E-state index in [4.69, 9.17) is 14.7 Å². The Morgan fingerprint density at radius 2 is 2.03 bits per heavy atom. The summed E-state index contributed by atoms with van der Waals surface area (Å²) in [7, 11) is 0. The SMILES string of the molecule is C=C1N[C@](C)(c2cccc(Cc3ccc(C#N)cc3OC(F)F)c2C)CC(=O)N1C1CCOCC1. The third kappa shape index (κ3) is 5.15. The minimum absolute atomic E-state index is 0.0125. The van der Waals surface area contributed by atoms with Gasteiger partial charge in [-0.2, -0.15) is 14.0 Å². The fourth-order valence-electron chi connectivity index (χ4n) is 5.14. The molecular formula is C27H29F2N3O3. The van der Waals surface area contributed by atoms with Crippen molar-refractivity contribution >= 4 is 5.91 Å². The first kappa shape index (κ1) is 24.7. The first-order valence-corrected chi connectivity index (χ1v) is 11.7. The van der Waals surface area contributed by atoms with Crippen molar-refractivity contribution in [1.82, 2.24) is 10.2 Å². The Kier molecular flexibility index (Phi) is 7.08. The number of hydrogen-bond acceptors (Lipinski definition) is 5. The van der Waals surface area contributed by atoms with Crippen LogP contribution in [-0.4, -0.2) is 36.7 Å². The number of alkyl halides is 2. The predicted molar refractivity (Wildman–Crippen MR) is 127 cm³/mol. The fraction of sp³-hybridized carbons (Fsp3) is 0.407. The normalized spacial score (nSPS) is 21.1. The molecule has 184 valence electrons. The van der Waals surface area contributed by atoms with Gasteiger partial charge in [0, 0.05) is 25.7 Å². The highest BCUT2D eigenvalue weighted by molar-refractivity contribution is 5.81. The van der Waals surface area contributed by atoms with E-state index in [0.29, 0.717) is 31.0 Å². The first-order valence-electron chi connectivity index (χ1n) is 11.7. The molecule has 0 bridgehead atoms. The zero-order valence-corrected chi connectivity index (χ0v) is 19.9. The van der Waals surface area contributed by atoms with E-state index in [0.717, 1.165) is 29.5 Å². The monoisotopic (exact) mass is 481 g/mol. The maximum Gasteiger partial charge on any atom is 0.387 e. The van der Waals surface area contributed by atoms with Gasteiger partial charge in [0.1, 0.15) is 11.6 Å². The van der Waals surface area contributed by atoms with Gasteiger partial charge >= 0.3 is 6.61 Å². The number of nitriles is 1. The molecule has 2 aliphatic rings. The molecule has 6 nitrogen and oxygen atoms in total. The van der Waals surface area contributed by atoms with Crippen molar-refractivity contribution in [3.05, 3.63) is 76.6 Å². The van der Waals surface area contributed by atoms with Gasteiger partial charge in [-0.15, -0.1) is 0 Å². The van der Waals surface area contributed by atoms with Gasteiger partial charge in [-0.25, -0.2) is 0 Å². The number of benzene rings is 2. The van der Waals surface area contributed by atoms with Crippen LogP contribution in [0.1, 0.15) is 54.0 Å². The van der Waals surface area contributed by atoms with Gasteiger partial charge in [-0.05, 0) is 61.1 Å². The molecule has 2 aromatic carbocycles. The fourth-order valence-corrected chi connectivity index (χ4v) is 5.14. The maximum absolute atomic E-state index is 13.3. The lowest BCUT2D eigenvalue weighted by atomic mass is 9.81. The van der Waals surface area contributed by atoms with E-state index in [1.165, 1.54) is 6.07 Å². The Morgan fingerprint density at radius 3 is 2.69 bits per heavy atom. The highest BCUT2D eigenvalue weighted by atomic mass is 19.3. The number of hydrogen-bond donors (Lipinski definition) is 1. The topological polar surface area (TPSA) is 74.6 Å². The molecule has 1 N–H and O–H groups in total. The molecule has 1 amide bonds. The number of carbonyl (C=O) groups is 1. The van der Waals surface area contributed by atoms with Crippen molar-refractivity contribution in [2.24, 2.45) is 0 Å². The van der Waals surface area contributed by atoms with Crippen molar-refractivity contribution in [3.8, 4) is 11.8 Å². The Morgan fingerprint density at radius 1 is 1.29 bits per heavy atom. The zero-order valence-electron chi connectivity index (χ0n) is 19.9. The second kappa shape index (κ2) is 10.0. The molecule has 8 heteroatoms. The van der Waals surface area contributed by atoms with Crippen LogP contribution in [0.3, 0.4) is 0 Å². The molecular weight excluding hydrogens is 452 g/mol. The lowest BCUT2D eigenvalue weighted by Crippen LogP contribution is -2.57. The van der Waals surface area contributed by atoms with Gasteiger partial charge in [0.05, 0.1) is 23.6 Å². The number of ether oxygens (including phenoxy) is 2. The molecule has 0 spiro atoms. The summed E-state index contributed by atoms with van der Waals surface area (Å²) in [5, 5.41) is 12.6. The van der Waals surface area contributed by atoms with Crippen LogP contribution in [0.5, 0.6) is 5.75 Å². The number of amides is 1. The van der Waals surface area contributed by atoms with Gasteiger partial charge in [-0.1, -0.05) is 30.8 Å². The summed E-state index contributed by atoms with van der Waals surface area (Å²) in [5.41, 5.74) is 2.95. The minimum atomic E-state index is -2.99. The summed E-state index contributed by atoms with van der Waals surface area (Å²) in [6.45, 7) is 6.38. The Bertz CT molecular complexity index is 1150. The molecule has 2 heterocycles. The number of nitrogens with one attached hydrogen (secondary N) is 1. The van der Waals surface area contributed by atoms with Crippen LogP contribution < -0.4 is 10.1 Å². The first-order chi connectivity index (χ1) is 16.7. The largest absolute Gasteiger partial charge is 0.434 e. The standard InChI is InChI=1S/C27H29F2N3O3/c1-17-20(14-21-8-7-19(16-30)13-24(21)35-26(28)29)5-4-6-23(17)27(3)15-25(33)32(18(2)31-27)22-9-11-34-12-10-22/h4-8,13,22,26,31H,2,9-12,14-15H2,1,3H3/t27-/m0/s1. The maximum atomic E-state index is 13.3. The smallest absolute Gasteiger partial charge is 0.387 e. The highest BCUT2D eigenvalue weighted by Gasteiger charge is 2.41. The highest BCUT2D eigenvalue weighted by Crippen LogP contribution is 2.37. The molecule has 0 saturated carbocycles. The second-order valence-corrected chi connectivity index (χ2v) is 9.27. The van der Waals surface area contributed by atoms with Gasteiger partial charge in [0.15, 0.2) is 0 Å². The lowest BCUT2D eigenvalue weighted by Gasteiger charge is -2.46. The van der Waals surface area contributed by atoms with Crippen molar-refractivity contribution in [2.75, 3.05) is 13.2 Å². The molecule has 2 fully saturated rings. The van der Waals surface area contributed by atoms with Crippen molar-refractivity contribution in [3.63, 3.8) is 0 Å². The van der Waals surface area contributed by atoms with Crippen LogP contribution in [0.4, 0.5) is 8.78 Å². The Balaban J connectivity index is 1.61. The van der Waals surface area contributed by atoms with E-state index in [1.807, 2.05) is 38.1 Å². The molecule has 2 saturated heterocycles. The molecule has 1 atom stereocenters. The molecule has 2 aromatic rings. The van der Waals surface area contributed by atoms with E-state index in [2.05, 4.69) is 11.9 Å². The molecule has 0 aromatic heterocycles. The number of carbonyl (C=O) groups excluding carboxylic acids is 1. The van der Waals surface area contributed by atoms with Crippen LogP contribution in [0.2, 0.25) is 0 Å². The van der Waals surface area contributed by atoms with E-state index in [9.17, 15) is 13.6 Å². The Hall–Kier alpha value is -3.44. The van der Waals surface area contributed by atoms with Crippen LogP contribution in [0.15, 0.2) is 48.8 Å². The van der Waals surface area contributed by atoms with Crippen molar-refractivity contribution < 1.29 is 23.0 Å². The van der Waals surface area contributed by atoms with E-state index >= 15 is 0 Å². The van der Waals surface area contributed by atoms with Crippen LogP contribution >= 0.6 is 0 Å². The van der Waals surface area contributed by atoms with E-state index in [-0.39, 0.29) is 29.7 Å². The van der Waals surface area contributed by atoms with Gasteiger partial charge in [-0.3, -0.25) is 9.69 Å². The van der Waals surface area contributed by atoms with E-state index in [1.54, 1.807) is 17.0 Å². The molecule has 0 radical (unpaired) electrons. The van der Waals surface area contributed by atoms with Gasteiger partial charge in [0.2, 0.25) is 5.91 Å². The summed E-state index contributed by atoms with van der Waals surface area (Å²) >= 11 is 0. The number of nitrogens with zero attached hydrogens (tertiary/aromatic N) is 2. The predicted octanol–water partition coefficient (Wildman–Crippen LogP) is 4.75. The second-order valence-electron chi connectivity index (χ2n) is 9.27. The van der Waals surface area contributed by atoms with Crippen LogP contribution in [-0.2, 0) is 21.5 Å². The zero-order chi connectivity index (χ0) is 25.2. The lowest BCUT2D eigenvalue weighted by molar-refractivity contribution is -0.137. The summed E-state index contributed by atoms with van der Waals surface area (Å²) in [4.78, 5) is 15.0. The average molecular weight is 482 g/mol. The number of halogens is 2. The summed E-state index contributed by atoms with van der Waals surface area (Å²) in [6, 6.07) is 12.4. The average Bonchev–Trinajstić information content (AvgIpc) is 2.81. The summed E-state index contributed by atoms with van der Waals surface area (Å²) in [5.74, 6) is 0.592. The molecule has 0 unspecified atom stereocenters. The van der Waals surface area contributed by atoms with Crippen molar-refractivity contribution in [1.29, 1.82) is 5.26 Å². The van der Waals surface area contributed by atoms with Crippen LogP contribution in [0, 0.1) is 18.3 Å². The van der Waals surface area contributed by atoms with Crippen LogP contribution in [0.25, 0.3) is 0 Å². The molecule has 2 aliphatic heterocycles. The molecule has 4 rings (SSSR count). The molecule has 35 heavy (non-hydrogen) atoms. The summed E-state index contributed by atoms with van der Waals surface area (Å²) in [6.07, 6.45) is 2.17. The van der Waals surface area contributed by atoms with Crippen molar-refractivity contribution in [2.45, 2.75) is 57.7 Å². The van der Waals surface area contributed by atoms with E-state index < -0.39 is 12.2 Å². The molecule has 0 aliphatic carbocycles. The quantitative estimate of drug-likeness (QED) is 0.645. The van der Waals surface area contributed by atoms with Gasteiger partial charge < -0.3 is 14.8 Å². The third-order valence-corrected chi connectivity index (χ3v) is 6.87. The van der Waals surface area contributed by atoms with Gasteiger partial charge in [0.25, 0.3) is 0 Å².